The summed E-state index contributed by atoms with van der Waals surface area (Å²) in [5, 5.41) is 13.4. The molecule has 2 saturated heterocycles. The second-order valence-corrected chi connectivity index (χ2v) is 6.63. The van der Waals surface area contributed by atoms with E-state index in [0.717, 1.165) is 12.8 Å². The van der Waals surface area contributed by atoms with E-state index >= 15 is 0 Å². The van der Waals surface area contributed by atoms with Crippen LogP contribution in [0.3, 0.4) is 0 Å². The number of nitrogens with zero attached hydrogens (tertiary/aromatic N) is 2. The summed E-state index contributed by atoms with van der Waals surface area (Å²) in [5.74, 6) is 0. The predicted octanol–water partition coefficient (Wildman–Crippen LogP) is 2.43. The summed E-state index contributed by atoms with van der Waals surface area (Å²) in [6.07, 6.45) is 11.3. The van der Waals surface area contributed by atoms with E-state index in [9.17, 15) is 5.26 Å². The molecule has 0 aromatic heterocycles. The van der Waals surface area contributed by atoms with Gasteiger partial charge in [-0.2, -0.15) is 5.26 Å². The molecule has 3 fully saturated rings. The van der Waals surface area contributed by atoms with Crippen LogP contribution in [0.1, 0.15) is 57.8 Å². The molecule has 100 valence electrons. The van der Waals surface area contributed by atoms with Gasteiger partial charge in [0.2, 0.25) is 0 Å². The summed E-state index contributed by atoms with van der Waals surface area (Å²) in [6.45, 7) is 0. The number of fused-ring (bicyclic) bond motifs is 2. The molecule has 3 rings (SSSR count). The standard InChI is InChI=1S/C15H25N3/c1-18-13-7-8-14(18)10-15(9-13,11-16)17-12-5-3-2-4-6-12/h12-14,17H,2-10H2,1H3. The van der Waals surface area contributed by atoms with Crippen LogP contribution in [0.5, 0.6) is 0 Å². The van der Waals surface area contributed by atoms with Gasteiger partial charge in [-0.1, -0.05) is 19.3 Å². The zero-order valence-corrected chi connectivity index (χ0v) is 11.5. The fourth-order valence-electron chi connectivity index (χ4n) is 4.35. The molecule has 18 heavy (non-hydrogen) atoms. The van der Waals surface area contributed by atoms with Crippen molar-refractivity contribution in [3.63, 3.8) is 0 Å². The second-order valence-electron chi connectivity index (χ2n) is 6.63. The van der Waals surface area contributed by atoms with E-state index in [2.05, 4.69) is 23.3 Å². The van der Waals surface area contributed by atoms with Crippen molar-refractivity contribution in [2.75, 3.05) is 7.05 Å². The summed E-state index contributed by atoms with van der Waals surface area (Å²) >= 11 is 0. The van der Waals surface area contributed by atoms with Gasteiger partial charge in [0, 0.05) is 18.1 Å². The van der Waals surface area contributed by atoms with Crippen LogP contribution in [0.15, 0.2) is 0 Å². The SMILES string of the molecule is CN1C2CCC1CC(C#N)(NC1CCCCC1)C2. The van der Waals surface area contributed by atoms with E-state index in [0.29, 0.717) is 18.1 Å². The Kier molecular flexibility index (Phi) is 3.34. The minimum atomic E-state index is -0.222. The minimum Gasteiger partial charge on any atom is -0.300 e. The van der Waals surface area contributed by atoms with Crippen LogP contribution < -0.4 is 5.32 Å². The smallest absolute Gasteiger partial charge is 0.109 e. The first-order valence-corrected chi connectivity index (χ1v) is 7.63. The third-order valence-corrected chi connectivity index (χ3v) is 5.45. The van der Waals surface area contributed by atoms with Gasteiger partial charge in [-0.25, -0.2) is 0 Å². The molecule has 1 aliphatic carbocycles. The Morgan fingerprint density at radius 2 is 1.67 bits per heavy atom. The largest absolute Gasteiger partial charge is 0.300 e. The molecule has 2 atom stereocenters. The molecule has 3 aliphatic rings. The Balaban J connectivity index is 1.69. The molecule has 0 aromatic rings. The third-order valence-electron chi connectivity index (χ3n) is 5.45. The van der Waals surface area contributed by atoms with Crippen LogP contribution in [0, 0.1) is 11.3 Å². The molecular weight excluding hydrogens is 222 g/mol. The van der Waals surface area contributed by atoms with E-state index in [4.69, 9.17) is 0 Å². The normalized spacial score (nSPS) is 41.8. The van der Waals surface area contributed by atoms with Crippen molar-refractivity contribution >= 4 is 0 Å². The average Bonchev–Trinajstić information content (AvgIpc) is 2.64. The van der Waals surface area contributed by atoms with Crippen molar-refractivity contribution in [3.05, 3.63) is 0 Å². The maximum atomic E-state index is 9.69. The van der Waals surface area contributed by atoms with Gasteiger partial charge in [0.15, 0.2) is 0 Å². The fraction of sp³-hybridized carbons (Fsp3) is 0.933. The van der Waals surface area contributed by atoms with Crippen LogP contribution in [0.25, 0.3) is 0 Å². The first-order valence-electron chi connectivity index (χ1n) is 7.63. The molecule has 1 N–H and O–H groups in total. The molecule has 0 radical (unpaired) electrons. The van der Waals surface area contributed by atoms with E-state index < -0.39 is 0 Å². The highest BCUT2D eigenvalue weighted by Gasteiger charge is 2.47. The van der Waals surface area contributed by atoms with Gasteiger partial charge in [0.1, 0.15) is 5.54 Å². The van der Waals surface area contributed by atoms with Crippen LogP contribution in [0.2, 0.25) is 0 Å². The van der Waals surface area contributed by atoms with Crippen molar-refractivity contribution in [2.45, 2.75) is 81.5 Å². The van der Waals surface area contributed by atoms with Gasteiger partial charge < -0.3 is 4.90 Å². The van der Waals surface area contributed by atoms with Crippen LogP contribution in [0.4, 0.5) is 0 Å². The first-order chi connectivity index (χ1) is 8.72. The molecule has 0 amide bonds. The molecule has 3 nitrogen and oxygen atoms in total. The van der Waals surface area contributed by atoms with Crippen LogP contribution >= 0.6 is 0 Å². The number of nitriles is 1. The van der Waals surface area contributed by atoms with Gasteiger partial charge >= 0.3 is 0 Å². The average molecular weight is 247 g/mol. The Morgan fingerprint density at radius 3 is 2.22 bits per heavy atom. The predicted molar refractivity (Wildman–Crippen MR) is 72.2 cm³/mol. The first kappa shape index (κ1) is 12.4. The number of nitrogens with one attached hydrogen (secondary N) is 1. The molecule has 2 aliphatic heterocycles. The monoisotopic (exact) mass is 247 g/mol. The summed E-state index contributed by atoms with van der Waals surface area (Å²) < 4.78 is 0. The number of rotatable bonds is 2. The molecule has 2 bridgehead atoms. The second kappa shape index (κ2) is 4.83. The summed E-state index contributed by atoms with van der Waals surface area (Å²) in [5.41, 5.74) is -0.222. The highest BCUT2D eigenvalue weighted by atomic mass is 15.2. The Labute approximate surface area is 111 Å². The lowest BCUT2D eigenvalue weighted by Gasteiger charge is -2.44. The Bertz CT molecular complexity index is 326. The van der Waals surface area contributed by atoms with Gasteiger partial charge in [0.25, 0.3) is 0 Å². The topological polar surface area (TPSA) is 39.1 Å². The molecule has 3 heteroatoms. The highest BCUT2D eigenvalue weighted by Crippen LogP contribution is 2.40. The molecule has 0 spiro atoms. The van der Waals surface area contributed by atoms with Crippen molar-refractivity contribution in [1.82, 2.24) is 10.2 Å². The lowest BCUT2D eigenvalue weighted by atomic mass is 9.82. The minimum absolute atomic E-state index is 0.222. The maximum absolute atomic E-state index is 9.69. The van der Waals surface area contributed by atoms with E-state index in [1.807, 2.05) is 0 Å². The maximum Gasteiger partial charge on any atom is 0.109 e. The van der Waals surface area contributed by atoms with Crippen LogP contribution in [-0.4, -0.2) is 35.6 Å². The van der Waals surface area contributed by atoms with Gasteiger partial charge in [0.05, 0.1) is 6.07 Å². The van der Waals surface area contributed by atoms with Gasteiger partial charge in [-0.15, -0.1) is 0 Å². The van der Waals surface area contributed by atoms with E-state index in [1.54, 1.807) is 0 Å². The molecule has 0 aromatic carbocycles. The van der Waals surface area contributed by atoms with Gasteiger partial charge in [-0.05, 0) is 45.6 Å². The molecular formula is C15H25N3. The molecule has 2 heterocycles. The molecule has 1 saturated carbocycles. The van der Waals surface area contributed by atoms with Crippen LogP contribution in [-0.2, 0) is 0 Å². The summed E-state index contributed by atoms with van der Waals surface area (Å²) in [7, 11) is 2.24. The van der Waals surface area contributed by atoms with Crippen molar-refractivity contribution in [1.29, 1.82) is 5.26 Å². The zero-order valence-electron chi connectivity index (χ0n) is 11.5. The van der Waals surface area contributed by atoms with Crippen molar-refractivity contribution < 1.29 is 0 Å². The lowest BCUT2D eigenvalue weighted by molar-refractivity contribution is 0.107. The Hall–Kier alpha value is -0.590. The summed E-state index contributed by atoms with van der Waals surface area (Å²) in [4.78, 5) is 2.51. The Morgan fingerprint density at radius 1 is 1.06 bits per heavy atom. The third kappa shape index (κ3) is 2.17. The summed E-state index contributed by atoms with van der Waals surface area (Å²) in [6, 6.07) is 4.52. The quantitative estimate of drug-likeness (QED) is 0.814. The zero-order chi connectivity index (χ0) is 12.6. The van der Waals surface area contributed by atoms with Crippen molar-refractivity contribution in [3.8, 4) is 6.07 Å². The fourth-order valence-corrected chi connectivity index (χ4v) is 4.35. The lowest BCUT2D eigenvalue weighted by Crippen LogP contribution is -2.58. The van der Waals surface area contributed by atoms with E-state index in [1.165, 1.54) is 44.9 Å². The van der Waals surface area contributed by atoms with E-state index in [-0.39, 0.29) is 5.54 Å². The number of hydrogen-bond donors (Lipinski definition) is 1. The number of piperidine rings is 1. The highest BCUT2D eigenvalue weighted by molar-refractivity contribution is 5.16. The molecule has 2 unspecified atom stereocenters. The van der Waals surface area contributed by atoms with Gasteiger partial charge in [-0.3, -0.25) is 5.32 Å². The number of hydrogen-bond acceptors (Lipinski definition) is 3. The van der Waals surface area contributed by atoms with Crippen molar-refractivity contribution in [2.24, 2.45) is 0 Å².